The molecule has 0 unspecified atom stereocenters. The molecule has 1 aliphatic heterocycles. The topological polar surface area (TPSA) is 71.5 Å². The van der Waals surface area contributed by atoms with Crippen molar-refractivity contribution in [3.63, 3.8) is 0 Å². The van der Waals surface area contributed by atoms with Crippen LogP contribution in [0.5, 0.6) is 11.5 Å². The average Bonchev–Trinajstić information content (AvgIpc) is 3.34. The van der Waals surface area contributed by atoms with Crippen LogP contribution < -0.4 is 10.1 Å². The maximum Gasteiger partial charge on any atom is 0.255 e. The van der Waals surface area contributed by atoms with Crippen molar-refractivity contribution >= 4 is 29.3 Å². The van der Waals surface area contributed by atoms with Crippen LogP contribution in [0.1, 0.15) is 23.2 Å². The van der Waals surface area contributed by atoms with Crippen LogP contribution in [0, 0.1) is 0 Å². The van der Waals surface area contributed by atoms with E-state index in [0.717, 1.165) is 31.7 Å². The van der Waals surface area contributed by atoms with Crippen LogP contribution in [0.4, 0.5) is 5.69 Å². The quantitative estimate of drug-likeness (QED) is 0.540. The number of hydrogen-bond donors (Lipinski definition) is 1. The summed E-state index contributed by atoms with van der Waals surface area (Å²) < 4.78 is 5.80. The average molecular weight is 434 g/mol. The molecule has 0 atom stereocenters. The predicted octanol–water partition coefficient (Wildman–Crippen LogP) is 4.84. The number of hydrogen-bond acceptors (Lipinski definition) is 5. The molecule has 1 aliphatic rings. The molecule has 0 bridgehead atoms. The van der Waals surface area contributed by atoms with Crippen molar-refractivity contribution in [3.05, 3.63) is 78.5 Å². The normalized spacial score (nSPS) is 13.1. The second-order valence-electron chi connectivity index (χ2n) is 7.16. The number of benzene rings is 2. The van der Waals surface area contributed by atoms with Gasteiger partial charge in [-0.25, -0.2) is 4.98 Å². The van der Waals surface area contributed by atoms with E-state index in [1.165, 1.54) is 11.8 Å². The lowest BCUT2D eigenvalue weighted by Gasteiger charge is -2.14. The Kier molecular flexibility index (Phi) is 6.84. The molecule has 6 nitrogen and oxygen atoms in total. The van der Waals surface area contributed by atoms with Gasteiger partial charge in [0, 0.05) is 31.0 Å². The molecule has 0 saturated carbocycles. The summed E-state index contributed by atoms with van der Waals surface area (Å²) in [6.45, 7) is 1.63. The number of para-hydroxylation sites is 1. The van der Waals surface area contributed by atoms with Crippen LogP contribution in [0.25, 0.3) is 0 Å². The number of pyridine rings is 1. The molecule has 0 aliphatic carbocycles. The highest BCUT2D eigenvalue weighted by molar-refractivity contribution is 7.99. The van der Waals surface area contributed by atoms with Crippen LogP contribution in [-0.4, -0.2) is 40.5 Å². The van der Waals surface area contributed by atoms with Crippen molar-refractivity contribution < 1.29 is 14.3 Å². The van der Waals surface area contributed by atoms with E-state index >= 15 is 0 Å². The number of amides is 2. The van der Waals surface area contributed by atoms with Crippen molar-refractivity contribution in [2.75, 3.05) is 24.2 Å². The Hall–Kier alpha value is -3.32. The molecule has 1 aromatic heterocycles. The third kappa shape index (κ3) is 5.86. The number of anilines is 1. The zero-order chi connectivity index (χ0) is 21.5. The van der Waals surface area contributed by atoms with E-state index in [4.69, 9.17) is 4.74 Å². The van der Waals surface area contributed by atoms with E-state index in [9.17, 15) is 9.59 Å². The lowest BCUT2D eigenvalue weighted by atomic mass is 10.2. The maximum atomic E-state index is 12.4. The molecule has 1 N–H and O–H groups in total. The highest BCUT2D eigenvalue weighted by Crippen LogP contribution is 2.24. The van der Waals surface area contributed by atoms with Gasteiger partial charge in [0.2, 0.25) is 5.91 Å². The molecule has 2 amide bonds. The molecule has 31 heavy (non-hydrogen) atoms. The number of nitrogens with one attached hydrogen (secondary N) is 1. The van der Waals surface area contributed by atoms with Gasteiger partial charge in [-0.1, -0.05) is 36.0 Å². The molecule has 2 aromatic carbocycles. The molecular weight excluding hydrogens is 410 g/mol. The summed E-state index contributed by atoms with van der Waals surface area (Å²) in [4.78, 5) is 30.9. The molecule has 4 rings (SSSR count). The Morgan fingerprint density at radius 2 is 1.74 bits per heavy atom. The predicted molar refractivity (Wildman–Crippen MR) is 122 cm³/mol. The van der Waals surface area contributed by atoms with Gasteiger partial charge in [-0.2, -0.15) is 0 Å². The summed E-state index contributed by atoms with van der Waals surface area (Å²) in [5.74, 6) is 1.49. The molecule has 3 aromatic rings. The molecule has 0 spiro atoms. The number of nitrogens with zero attached hydrogens (tertiary/aromatic N) is 2. The number of ether oxygens (including phenoxy) is 1. The molecular formula is C24H23N3O3S. The number of aromatic nitrogens is 1. The van der Waals surface area contributed by atoms with Gasteiger partial charge in [0.25, 0.3) is 5.91 Å². The van der Waals surface area contributed by atoms with Crippen LogP contribution in [0.3, 0.4) is 0 Å². The number of likely N-dealkylation sites (tertiary alicyclic amines) is 1. The first-order chi connectivity index (χ1) is 15.2. The standard InChI is InChI=1S/C24H23N3O3S/c28-22(26-19-7-6-10-21(15-19)30-20-8-2-1-3-9-20)17-31-23-12-11-18(16-25-23)24(29)27-13-4-5-14-27/h1-3,6-12,15-16H,4-5,13-14,17H2,(H,26,28). The first-order valence-corrected chi connectivity index (χ1v) is 11.2. The molecule has 0 radical (unpaired) electrons. The number of carbonyl (C=O) groups is 2. The zero-order valence-corrected chi connectivity index (χ0v) is 17.8. The minimum absolute atomic E-state index is 0.0249. The Bertz CT molecular complexity index is 1040. The van der Waals surface area contributed by atoms with Crippen LogP contribution >= 0.6 is 11.8 Å². The SMILES string of the molecule is O=C(CSc1ccc(C(=O)N2CCCC2)cn1)Nc1cccc(Oc2ccccc2)c1. The maximum absolute atomic E-state index is 12.4. The van der Waals surface area contributed by atoms with Crippen molar-refractivity contribution in [3.8, 4) is 11.5 Å². The second kappa shape index (κ2) is 10.1. The van der Waals surface area contributed by atoms with Gasteiger partial charge in [-0.05, 0) is 49.2 Å². The third-order valence-electron chi connectivity index (χ3n) is 4.82. The van der Waals surface area contributed by atoms with E-state index in [0.29, 0.717) is 22.0 Å². The third-order valence-corrected chi connectivity index (χ3v) is 5.77. The summed E-state index contributed by atoms with van der Waals surface area (Å²) in [6.07, 6.45) is 3.71. The Balaban J connectivity index is 1.28. The fourth-order valence-corrected chi connectivity index (χ4v) is 3.94. The highest BCUT2D eigenvalue weighted by Gasteiger charge is 2.19. The lowest BCUT2D eigenvalue weighted by molar-refractivity contribution is -0.113. The first kappa shape index (κ1) is 20.9. The smallest absolute Gasteiger partial charge is 0.255 e. The number of rotatable bonds is 7. The zero-order valence-electron chi connectivity index (χ0n) is 17.0. The number of thioether (sulfide) groups is 1. The molecule has 1 saturated heterocycles. The van der Waals surface area contributed by atoms with Gasteiger partial charge in [0.15, 0.2) is 0 Å². The second-order valence-corrected chi connectivity index (χ2v) is 8.16. The Labute approximate surface area is 185 Å². The van der Waals surface area contributed by atoms with Crippen molar-refractivity contribution in [1.29, 1.82) is 0 Å². The Morgan fingerprint density at radius 1 is 0.968 bits per heavy atom. The van der Waals surface area contributed by atoms with E-state index in [2.05, 4.69) is 10.3 Å². The van der Waals surface area contributed by atoms with Crippen LogP contribution in [0.15, 0.2) is 78.0 Å². The molecule has 1 fully saturated rings. The fourth-order valence-electron chi connectivity index (χ4n) is 3.29. The first-order valence-electron chi connectivity index (χ1n) is 10.2. The fraction of sp³-hybridized carbons (Fsp3) is 0.208. The van der Waals surface area contributed by atoms with Crippen molar-refractivity contribution in [1.82, 2.24) is 9.88 Å². The summed E-state index contributed by atoms with van der Waals surface area (Å²) >= 11 is 1.33. The van der Waals surface area contributed by atoms with E-state index < -0.39 is 0 Å². The van der Waals surface area contributed by atoms with Gasteiger partial charge < -0.3 is 15.0 Å². The monoisotopic (exact) mass is 433 g/mol. The highest BCUT2D eigenvalue weighted by atomic mass is 32.2. The molecule has 158 valence electrons. The minimum Gasteiger partial charge on any atom is -0.457 e. The van der Waals surface area contributed by atoms with Crippen LogP contribution in [0.2, 0.25) is 0 Å². The lowest BCUT2D eigenvalue weighted by Crippen LogP contribution is -2.27. The largest absolute Gasteiger partial charge is 0.457 e. The van der Waals surface area contributed by atoms with E-state index in [1.54, 1.807) is 24.4 Å². The van der Waals surface area contributed by atoms with Gasteiger partial charge in [0.1, 0.15) is 11.5 Å². The summed E-state index contributed by atoms with van der Waals surface area (Å²) in [6, 6.07) is 20.3. The molecule has 7 heteroatoms. The van der Waals surface area contributed by atoms with Crippen LogP contribution in [-0.2, 0) is 4.79 Å². The van der Waals surface area contributed by atoms with Gasteiger partial charge >= 0.3 is 0 Å². The van der Waals surface area contributed by atoms with Gasteiger partial charge in [-0.3, -0.25) is 9.59 Å². The summed E-state index contributed by atoms with van der Waals surface area (Å²) in [5.41, 5.74) is 1.25. The number of carbonyl (C=O) groups excluding carboxylic acids is 2. The van der Waals surface area contributed by atoms with Gasteiger partial charge in [0.05, 0.1) is 16.3 Å². The Morgan fingerprint density at radius 3 is 2.48 bits per heavy atom. The summed E-state index contributed by atoms with van der Waals surface area (Å²) in [5, 5.41) is 3.58. The van der Waals surface area contributed by atoms with Crippen molar-refractivity contribution in [2.45, 2.75) is 17.9 Å². The minimum atomic E-state index is -0.138. The van der Waals surface area contributed by atoms with E-state index in [1.807, 2.05) is 53.4 Å². The summed E-state index contributed by atoms with van der Waals surface area (Å²) in [7, 11) is 0. The van der Waals surface area contributed by atoms with E-state index in [-0.39, 0.29) is 17.6 Å². The van der Waals surface area contributed by atoms with Crippen molar-refractivity contribution in [2.24, 2.45) is 0 Å². The molecule has 2 heterocycles. The van der Waals surface area contributed by atoms with Gasteiger partial charge in [-0.15, -0.1) is 0 Å².